The summed E-state index contributed by atoms with van der Waals surface area (Å²) in [6, 6.07) is 9.59. The number of nitrogens with one attached hydrogen (secondary N) is 1. The summed E-state index contributed by atoms with van der Waals surface area (Å²) >= 11 is 0. The zero-order chi connectivity index (χ0) is 18.6. The largest absolute Gasteiger partial charge is 0.447 e. The average Bonchev–Trinajstić information content (AvgIpc) is 3.43. The quantitative estimate of drug-likeness (QED) is 0.837. The highest BCUT2D eigenvalue weighted by Gasteiger charge is 2.43. The third-order valence-corrected chi connectivity index (χ3v) is 5.60. The van der Waals surface area contributed by atoms with Crippen LogP contribution in [0.4, 0.5) is 4.79 Å². The molecule has 0 radical (unpaired) electrons. The van der Waals surface area contributed by atoms with E-state index in [0.717, 1.165) is 31.2 Å². The summed E-state index contributed by atoms with van der Waals surface area (Å²) in [5.41, 5.74) is 1.08. The van der Waals surface area contributed by atoms with Gasteiger partial charge in [0.25, 0.3) is 0 Å². The Balaban J connectivity index is 1.55. The van der Waals surface area contributed by atoms with E-state index >= 15 is 0 Å². The maximum absolute atomic E-state index is 13.4. The molecule has 2 aliphatic rings. The lowest BCUT2D eigenvalue weighted by Gasteiger charge is -2.28. The second-order valence-electron chi connectivity index (χ2n) is 7.33. The maximum Gasteiger partial charge on any atom is 0.416 e. The van der Waals surface area contributed by atoms with Gasteiger partial charge in [-0.1, -0.05) is 43.2 Å². The predicted molar refractivity (Wildman–Crippen MR) is 95.5 cm³/mol. The van der Waals surface area contributed by atoms with Crippen LogP contribution >= 0.6 is 0 Å². The van der Waals surface area contributed by atoms with Crippen LogP contribution in [0.15, 0.2) is 30.3 Å². The molecular weight excluding hydrogens is 346 g/mol. The highest BCUT2D eigenvalue weighted by Crippen LogP contribution is 2.35. The molecule has 2 heterocycles. The molecule has 27 heavy (non-hydrogen) atoms. The van der Waals surface area contributed by atoms with Crippen LogP contribution in [0.1, 0.15) is 37.1 Å². The average molecular weight is 369 g/mol. The van der Waals surface area contributed by atoms with Gasteiger partial charge < -0.3 is 4.74 Å². The topological polar surface area (TPSA) is 101 Å². The number of amides is 2. The van der Waals surface area contributed by atoms with Crippen molar-refractivity contribution in [2.75, 3.05) is 6.61 Å². The molecule has 1 aromatic carbocycles. The number of hydrogen-bond acceptors (Lipinski definition) is 6. The molecule has 2 amide bonds. The van der Waals surface area contributed by atoms with Crippen molar-refractivity contribution >= 4 is 12.0 Å². The van der Waals surface area contributed by atoms with Crippen LogP contribution in [0, 0.1) is 11.8 Å². The number of rotatable bonds is 6. The van der Waals surface area contributed by atoms with E-state index in [1.165, 1.54) is 4.90 Å². The molecule has 1 N–H and O–H groups in total. The van der Waals surface area contributed by atoms with Crippen molar-refractivity contribution in [2.45, 2.75) is 44.6 Å². The second kappa shape index (κ2) is 7.85. The van der Waals surface area contributed by atoms with Gasteiger partial charge in [0.15, 0.2) is 0 Å². The summed E-state index contributed by atoms with van der Waals surface area (Å²) in [7, 11) is 0. The molecule has 1 saturated carbocycles. The number of aromatic amines is 1. The third kappa shape index (κ3) is 3.84. The van der Waals surface area contributed by atoms with E-state index in [4.69, 9.17) is 4.74 Å². The van der Waals surface area contributed by atoms with Gasteiger partial charge in [0.2, 0.25) is 5.91 Å². The van der Waals surface area contributed by atoms with Gasteiger partial charge in [-0.25, -0.2) is 14.8 Å². The van der Waals surface area contributed by atoms with Gasteiger partial charge in [-0.15, -0.1) is 5.10 Å². The van der Waals surface area contributed by atoms with Crippen molar-refractivity contribution in [1.29, 1.82) is 0 Å². The normalized spacial score (nSPS) is 21.4. The molecule has 1 saturated heterocycles. The van der Waals surface area contributed by atoms with E-state index < -0.39 is 6.09 Å². The number of hydrogen-bond donors (Lipinski definition) is 1. The molecule has 2 unspecified atom stereocenters. The number of cyclic esters (lactones) is 1. The SMILES string of the molecule is O=C1OCC(Cc2ccccc2)N1C(=O)C(Cc1nnn[nH]1)C1CCCC1. The number of benzene rings is 1. The molecule has 1 aliphatic heterocycles. The van der Waals surface area contributed by atoms with Crippen LogP contribution in [0.3, 0.4) is 0 Å². The Morgan fingerprint density at radius 1 is 1.26 bits per heavy atom. The first kappa shape index (κ1) is 17.6. The Labute approximate surface area is 157 Å². The fourth-order valence-electron chi connectivity index (χ4n) is 4.23. The summed E-state index contributed by atoms with van der Waals surface area (Å²) in [5, 5.41) is 13.9. The zero-order valence-electron chi connectivity index (χ0n) is 15.1. The van der Waals surface area contributed by atoms with Crippen LogP contribution < -0.4 is 0 Å². The Kier molecular flexibility index (Phi) is 5.13. The summed E-state index contributed by atoms with van der Waals surface area (Å²) in [6.45, 7) is 0.237. The molecule has 8 nitrogen and oxygen atoms in total. The minimum atomic E-state index is -0.542. The second-order valence-corrected chi connectivity index (χ2v) is 7.33. The number of tetrazole rings is 1. The fraction of sp³-hybridized carbons (Fsp3) is 0.526. The van der Waals surface area contributed by atoms with E-state index in [9.17, 15) is 9.59 Å². The number of carbonyl (C=O) groups is 2. The summed E-state index contributed by atoms with van der Waals surface area (Å²) in [5.74, 6) is 0.341. The Morgan fingerprint density at radius 2 is 2.04 bits per heavy atom. The molecule has 0 spiro atoms. The van der Waals surface area contributed by atoms with Crippen molar-refractivity contribution in [1.82, 2.24) is 25.5 Å². The van der Waals surface area contributed by atoms with Gasteiger partial charge in [0, 0.05) is 12.3 Å². The number of H-pyrrole nitrogens is 1. The van der Waals surface area contributed by atoms with Crippen LogP contribution in [-0.2, 0) is 22.4 Å². The summed E-state index contributed by atoms with van der Waals surface area (Å²) in [4.78, 5) is 27.1. The van der Waals surface area contributed by atoms with Crippen LogP contribution in [0.2, 0.25) is 0 Å². The lowest BCUT2D eigenvalue weighted by Crippen LogP contribution is -2.45. The zero-order valence-corrected chi connectivity index (χ0v) is 15.1. The van der Waals surface area contributed by atoms with Crippen LogP contribution in [-0.4, -0.2) is 50.2 Å². The van der Waals surface area contributed by atoms with E-state index in [-0.39, 0.29) is 30.4 Å². The molecule has 2 atom stereocenters. The molecule has 2 aromatic rings. The van der Waals surface area contributed by atoms with Crippen molar-refractivity contribution in [3.05, 3.63) is 41.7 Å². The highest BCUT2D eigenvalue weighted by molar-refractivity contribution is 5.95. The maximum atomic E-state index is 13.4. The molecule has 1 aliphatic carbocycles. The van der Waals surface area contributed by atoms with Gasteiger partial charge in [-0.3, -0.25) is 4.79 Å². The third-order valence-electron chi connectivity index (χ3n) is 5.60. The van der Waals surface area contributed by atoms with Gasteiger partial charge >= 0.3 is 6.09 Å². The molecule has 4 rings (SSSR count). The van der Waals surface area contributed by atoms with Crippen molar-refractivity contribution in [3.63, 3.8) is 0 Å². The monoisotopic (exact) mass is 369 g/mol. The van der Waals surface area contributed by atoms with Crippen LogP contribution in [0.5, 0.6) is 0 Å². The van der Waals surface area contributed by atoms with Crippen molar-refractivity contribution < 1.29 is 14.3 Å². The van der Waals surface area contributed by atoms with Crippen molar-refractivity contribution in [2.24, 2.45) is 11.8 Å². The molecule has 1 aromatic heterocycles. The number of imide groups is 1. The number of ether oxygens (including phenoxy) is 1. The Bertz CT molecular complexity index is 774. The fourth-order valence-corrected chi connectivity index (χ4v) is 4.23. The standard InChI is InChI=1S/C19H23N5O3/c25-18(16(14-8-4-5-9-14)11-17-20-22-23-21-17)24-15(12-27-19(24)26)10-13-6-2-1-3-7-13/h1-3,6-7,14-16H,4-5,8-12H2,(H,20,21,22,23). The molecular formula is C19H23N5O3. The predicted octanol–water partition coefficient (Wildman–Crippen LogP) is 2.14. The van der Waals surface area contributed by atoms with E-state index in [2.05, 4.69) is 20.6 Å². The highest BCUT2D eigenvalue weighted by atomic mass is 16.6. The first-order valence-corrected chi connectivity index (χ1v) is 9.48. The lowest BCUT2D eigenvalue weighted by atomic mass is 9.86. The minimum absolute atomic E-state index is 0.165. The Hall–Kier alpha value is -2.77. The van der Waals surface area contributed by atoms with Gasteiger partial charge in [0.1, 0.15) is 12.4 Å². The van der Waals surface area contributed by atoms with E-state index in [1.54, 1.807) is 0 Å². The Morgan fingerprint density at radius 3 is 2.74 bits per heavy atom. The van der Waals surface area contributed by atoms with E-state index in [1.807, 2.05) is 30.3 Å². The van der Waals surface area contributed by atoms with Gasteiger partial charge in [-0.05, 0) is 41.2 Å². The first-order valence-electron chi connectivity index (χ1n) is 9.48. The first-order chi connectivity index (χ1) is 13.2. The lowest BCUT2D eigenvalue weighted by molar-refractivity contribution is -0.135. The van der Waals surface area contributed by atoms with Crippen molar-refractivity contribution in [3.8, 4) is 0 Å². The van der Waals surface area contributed by atoms with E-state index in [0.29, 0.717) is 18.7 Å². The number of carbonyl (C=O) groups excluding carboxylic acids is 2. The smallest absolute Gasteiger partial charge is 0.416 e. The molecule has 8 heteroatoms. The molecule has 142 valence electrons. The summed E-state index contributed by atoms with van der Waals surface area (Å²) in [6.07, 6.45) is 4.67. The minimum Gasteiger partial charge on any atom is -0.447 e. The van der Waals surface area contributed by atoms with Crippen LogP contribution in [0.25, 0.3) is 0 Å². The number of aromatic nitrogens is 4. The molecule has 2 fully saturated rings. The van der Waals surface area contributed by atoms with Gasteiger partial charge in [0.05, 0.1) is 6.04 Å². The number of nitrogens with zero attached hydrogens (tertiary/aromatic N) is 4. The molecule has 0 bridgehead atoms. The van der Waals surface area contributed by atoms with Gasteiger partial charge in [-0.2, -0.15) is 0 Å². The summed E-state index contributed by atoms with van der Waals surface area (Å²) < 4.78 is 5.24.